The minimum Gasteiger partial charge on any atom is -0.303 e. The van der Waals surface area contributed by atoms with E-state index in [4.69, 9.17) is 0 Å². The van der Waals surface area contributed by atoms with E-state index in [1.807, 2.05) is 6.92 Å². The lowest BCUT2D eigenvalue weighted by atomic mass is 9.69. The van der Waals surface area contributed by atoms with Crippen LogP contribution in [0.3, 0.4) is 0 Å². The van der Waals surface area contributed by atoms with Crippen LogP contribution in [-0.2, 0) is 9.59 Å². The van der Waals surface area contributed by atoms with Crippen LogP contribution in [0.15, 0.2) is 0 Å². The third kappa shape index (κ3) is 5.43. The van der Waals surface area contributed by atoms with E-state index in [-0.39, 0.29) is 11.8 Å². The van der Waals surface area contributed by atoms with Gasteiger partial charge in [0.05, 0.1) is 0 Å². The molecule has 0 aromatic carbocycles. The van der Waals surface area contributed by atoms with Crippen molar-refractivity contribution in [2.24, 2.45) is 35.5 Å². The Labute approximate surface area is 142 Å². The van der Waals surface area contributed by atoms with E-state index >= 15 is 0 Å². The molecule has 0 amide bonds. The summed E-state index contributed by atoms with van der Waals surface area (Å²) in [5.74, 6) is 2.97. The summed E-state index contributed by atoms with van der Waals surface area (Å²) in [5, 5.41) is 0. The van der Waals surface area contributed by atoms with E-state index in [1.54, 1.807) is 0 Å². The molecular formula is C21H36O2. The summed E-state index contributed by atoms with van der Waals surface area (Å²) in [7, 11) is 0. The van der Waals surface area contributed by atoms with Crippen molar-refractivity contribution < 1.29 is 9.59 Å². The Hall–Kier alpha value is -0.660. The standard InChI is InChI=1S/C21H36O2/c1-15-6-4-8-18(12-15)10-11-20(23)21(17(3)14-22)19-9-5-7-16(2)13-19/h14-19,21H,4-13H2,1-3H3. The van der Waals surface area contributed by atoms with Gasteiger partial charge in [0.25, 0.3) is 0 Å². The van der Waals surface area contributed by atoms with E-state index in [0.29, 0.717) is 24.0 Å². The molecular weight excluding hydrogens is 284 g/mol. The molecule has 0 heterocycles. The van der Waals surface area contributed by atoms with Gasteiger partial charge in [-0.3, -0.25) is 4.79 Å². The normalized spacial score (nSPS) is 34.6. The molecule has 132 valence electrons. The first-order valence-corrected chi connectivity index (χ1v) is 9.99. The van der Waals surface area contributed by atoms with Crippen LogP contribution in [0.25, 0.3) is 0 Å². The number of carbonyl (C=O) groups excluding carboxylic acids is 2. The minimum atomic E-state index is -0.108. The Bertz CT molecular complexity index is 389. The molecule has 2 heteroatoms. The second-order valence-corrected chi connectivity index (χ2v) is 8.70. The van der Waals surface area contributed by atoms with Crippen molar-refractivity contribution in [2.45, 2.75) is 85.0 Å². The third-order valence-corrected chi connectivity index (χ3v) is 6.48. The number of carbonyl (C=O) groups is 2. The van der Waals surface area contributed by atoms with Gasteiger partial charge in [-0.25, -0.2) is 0 Å². The van der Waals surface area contributed by atoms with Crippen molar-refractivity contribution in [3.05, 3.63) is 0 Å². The highest BCUT2D eigenvalue weighted by Gasteiger charge is 2.35. The highest BCUT2D eigenvalue weighted by Crippen LogP contribution is 2.38. The fourth-order valence-electron chi connectivity index (χ4n) is 5.21. The summed E-state index contributed by atoms with van der Waals surface area (Å²) in [6.07, 6.45) is 12.8. The van der Waals surface area contributed by atoms with Gasteiger partial charge in [0, 0.05) is 18.3 Å². The smallest absolute Gasteiger partial charge is 0.136 e. The van der Waals surface area contributed by atoms with Gasteiger partial charge in [-0.2, -0.15) is 0 Å². The van der Waals surface area contributed by atoms with Gasteiger partial charge in [-0.1, -0.05) is 52.9 Å². The zero-order valence-electron chi connectivity index (χ0n) is 15.4. The first kappa shape index (κ1) is 18.7. The molecule has 0 aromatic heterocycles. The molecule has 6 atom stereocenters. The lowest BCUT2D eigenvalue weighted by molar-refractivity contribution is -0.130. The van der Waals surface area contributed by atoms with Gasteiger partial charge in [-0.05, 0) is 49.4 Å². The number of rotatable bonds is 7. The number of ketones is 1. The van der Waals surface area contributed by atoms with Crippen LogP contribution in [0.2, 0.25) is 0 Å². The summed E-state index contributed by atoms with van der Waals surface area (Å²) in [6, 6.07) is 0. The third-order valence-electron chi connectivity index (χ3n) is 6.48. The molecule has 0 aliphatic heterocycles. The molecule has 2 fully saturated rings. The van der Waals surface area contributed by atoms with Crippen LogP contribution in [0.4, 0.5) is 0 Å². The Balaban J connectivity index is 1.92. The van der Waals surface area contributed by atoms with Crippen molar-refractivity contribution >= 4 is 12.1 Å². The van der Waals surface area contributed by atoms with E-state index < -0.39 is 0 Å². The summed E-state index contributed by atoms with van der Waals surface area (Å²) in [6.45, 7) is 6.59. The summed E-state index contributed by atoms with van der Waals surface area (Å²) >= 11 is 0. The topological polar surface area (TPSA) is 34.1 Å². The maximum atomic E-state index is 12.9. The first-order chi connectivity index (χ1) is 11.0. The van der Waals surface area contributed by atoms with Crippen molar-refractivity contribution in [1.29, 1.82) is 0 Å². The van der Waals surface area contributed by atoms with E-state index in [9.17, 15) is 9.59 Å². The molecule has 2 saturated carbocycles. The fourth-order valence-corrected chi connectivity index (χ4v) is 5.21. The quantitative estimate of drug-likeness (QED) is 0.585. The van der Waals surface area contributed by atoms with Crippen molar-refractivity contribution in [1.82, 2.24) is 0 Å². The predicted molar refractivity (Wildman–Crippen MR) is 95.2 cm³/mol. The monoisotopic (exact) mass is 320 g/mol. The second kappa shape index (κ2) is 8.99. The average Bonchev–Trinajstić information content (AvgIpc) is 2.53. The molecule has 23 heavy (non-hydrogen) atoms. The maximum absolute atomic E-state index is 12.9. The van der Waals surface area contributed by atoms with Crippen LogP contribution in [0, 0.1) is 35.5 Å². The lowest BCUT2D eigenvalue weighted by Crippen LogP contribution is -2.33. The van der Waals surface area contributed by atoms with Gasteiger partial charge >= 0.3 is 0 Å². The molecule has 0 spiro atoms. The molecule has 2 nitrogen and oxygen atoms in total. The van der Waals surface area contributed by atoms with Crippen LogP contribution in [0.5, 0.6) is 0 Å². The second-order valence-electron chi connectivity index (χ2n) is 8.70. The van der Waals surface area contributed by atoms with Crippen LogP contribution >= 0.6 is 0 Å². The van der Waals surface area contributed by atoms with Crippen LogP contribution < -0.4 is 0 Å². The summed E-state index contributed by atoms with van der Waals surface area (Å²) in [4.78, 5) is 24.3. The molecule has 2 aliphatic carbocycles. The van der Waals surface area contributed by atoms with Crippen LogP contribution in [0.1, 0.15) is 85.0 Å². The predicted octanol–water partition coefficient (Wildman–Crippen LogP) is 5.44. The highest BCUT2D eigenvalue weighted by atomic mass is 16.1. The molecule has 2 aliphatic rings. The summed E-state index contributed by atoms with van der Waals surface area (Å²) < 4.78 is 0. The highest BCUT2D eigenvalue weighted by molar-refractivity contribution is 5.84. The fraction of sp³-hybridized carbons (Fsp3) is 0.905. The molecule has 0 radical (unpaired) electrons. The molecule has 0 bridgehead atoms. The number of hydrogen-bond acceptors (Lipinski definition) is 2. The van der Waals surface area contributed by atoms with Gasteiger partial charge < -0.3 is 4.79 Å². The van der Waals surface area contributed by atoms with E-state index in [2.05, 4.69) is 13.8 Å². The van der Waals surface area contributed by atoms with Crippen molar-refractivity contribution in [3.8, 4) is 0 Å². The average molecular weight is 321 g/mol. The Kier molecular flexibility index (Phi) is 7.30. The minimum absolute atomic E-state index is 0.0173. The van der Waals surface area contributed by atoms with E-state index in [0.717, 1.165) is 37.4 Å². The van der Waals surface area contributed by atoms with Gasteiger partial charge in [0.2, 0.25) is 0 Å². The van der Waals surface area contributed by atoms with Crippen molar-refractivity contribution in [2.75, 3.05) is 0 Å². The maximum Gasteiger partial charge on any atom is 0.136 e. The molecule has 0 aromatic rings. The van der Waals surface area contributed by atoms with Gasteiger partial charge in [-0.15, -0.1) is 0 Å². The summed E-state index contributed by atoms with van der Waals surface area (Å²) in [5.41, 5.74) is 0. The van der Waals surface area contributed by atoms with Crippen LogP contribution in [-0.4, -0.2) is 12.1 Å². The molecule has 6 unspecified atom stereocenters. The zero-order chi connectivity index (χ0) is 16.8. The number of Topliss-reactive ketones (excluding diaryl/α,β-unsaturated/α-hetero) is 1. The SMILES string of the molecule is CC1CCCC(CCC(=O)C(C(C)C=O)C2CCCC(C)C2)C1. The van der Waals surface area contributed by atoms with Gasteiger partial charge in [0.1, 0.15) is 12.1 Å². The number of hydrogen-bond donors (Lipinski definition) is 0. The van der Waals surface area contributed by atoms with Gasteiger partial charge in [0.15, 0.2) is 0 Å². The number of aldehydes is 1. The largest absolute Gasteiger partial charge is 0.303 e. The molecule has 0 N–H and O–H groups in total. The Morgan fingerprint density at radius 2 is 1.70 bits per heavy atom. The zero-order valence-corrected chi connectivity index (χ0v) is 15.4. The Morgan fingerprint density at radius 3 is 2.30 bits per heavy atom. The lowest BCUT2D eigenvalue weighted by Gasteiger charge is -2.34. The van der Waals surface area contributed by atoms with E-state index in [1.165, 1.54) is 38.5 Å². The molecule has 0 saturated heterocycles. The first-order valence-electron chi connectivity index (χ1n) is 9.99. The van der Waals surface area contributed by atoms with Crippen molar-refractivity contribution in [3.63, 3.8) is 0 Å². The molecule has 2 rings (SSSR count). The Morgan fingerprint density at radius 1 is 1.04 bits per heavy atom.